The standard InChI is InChI=1S/C20H24N6O3S/c1-16-14-18(8-9-19(16)29-2)30(27,28)25-12-10-24(11-13-25)15-20-21-22-23-26(20)17-6-4-3-5-7-17/h3-9,14H,10-13,15H2,1-2H3. The minimum atomic E-state index is -3.54. The molecule has 30 heavy (non-hydrogen) atoms. The highest BCUT2D eigenvalue weighted by Crippen LogP contribution is 2.24. The maximum Gasteiger partial charge on any atom is 0.243 e. The molecule has 0 atom stereocenters. The molecule has 9 nitrogen and oxygen atoms in total. The molecule has 0 aliphatic carbocycles. The summed E-state index contributed by atoms with van der Waals surface area (Å²) < 4.78 is 34.5. The molecule has 3 aromatic rings. The molecule has 1 aliphatic heterocycles. The first-order chi connectivity index (χ1) is 14.5. The first kappa shape index (κ1) is 20.5. The van der Waals surface area contributed by atoms with Gasteiger partial charge in [-0.1, -0.05) is 18.2 Å². The second-order valence-corrected chi connectivity index (χ2v) is 9.09. The van der Waals surface area contributed by atoms with E-state index in [1.54, 1.807) is 30.0 Å². The summed E-state index contributed by atoms with van der Waals surface area (Å²) in [5.41, 5.74) is 1.69. The number of benzene rings is 2. The molecular formula is C20H24N6O3S. The van der Waals surface area contributed by atoms with Gasteiger partial charge < -0.3 is 4.74 Å². The van der Waals surface area contributed by atoms with Crippen LogP contribution in [-0.4, -0.2) is 71.1 Å². The molecule has 1 aliphatic rings. The van der Waals surface area contributed by atoms with Gasteiger partial charge in [-0.2, -0.15) is 8.99 Å². The third-order valence-corrected chi connectivity index (χ3v) is 7.13. The highest BCUT2D eigenvalue weighted by Gasteiger charge is 2.29. The number of ether oxygens (including phenoxy) is 1. The summed E-state index contributed by atoms with van der Waals surface area (Å²) in [5.74, 6) is 1.40. The summed E-state index contributed by atoms with van der Waals surface area (Å²) in [6.45, 7) is 4.44. The van der Waals surface area contributed by atoms with Crippen LogP contribution < -0.4 is 4.74 Å². The Bertz CT molecular complexity index is 1110. The summed E-state index contributed by atoms with van der Waals surface area (Å²) in [5, 5.41) is 12.0. The Hall–Kier alpha value is -2.82. The second-order valence-electron chi connectivity index (χ2n) is 7.15. The van der Waals surface area contributed by atoms with Gasteiger partial charge in [0.25, 0.3) is 0 Å². The number of aromatic nitrogens is 4. The molecule has 0 unspecified atom stereocenters. The van der Waals surface area contributed by atoms with Crippen LogP contribution in [0.4, 0.5) is 0 Å². The molecule has 0 radical (unpaired) electrons. The summed E-state index contributed by atoms with van der Waals surface area (Å²) in [6, 6.07) is 14.7. The van der Waals surface area contributed by atoms with Gasteiger partial charge in [-0.15, -0.1) is 5.10 Å². The zero-order valence-corrected chi connectivity index (χ0v) is 17.8. The molecule has 0 N–H and O–H groups in total. The Morgan fingerprint density at radius 1 is 1.03 bits per heavy atom. The van der Waals surface area contributed by atoms with Crippen LogP contribution in [0.5, 0.6) is 5.75 Å². The van der Waals surface area contributed by atoms with Gasteiger partial charge in [0.1, 0.15) is 5.75 Å². The molecule has 0 bridgehead atoms. The van der Waals surface area contributed by atoms with E-state index < -0.39 is 10.0 Å². The smallest absolute Gasteiger partial charge is 0.243 e. The zero-order chi connectivity index (χ0) is 21.1. The van der Waals surface area contributed by atoms with Crippen LogP contribution in [0, 0.1) is 6.92 Å². The van der Waals surface area contributed by atoms with Gasteiger partial charge in [-0.05, 0) is 53.2 Å². The predicted octanol–water partition coefficient (Wildman–Crippen LogP) is 1.49. The predicted molar refractivity (Wildman–Crippen MR) is 111 cm³/mol. The van der Waals surface area contributed by atoms with Crippen molar-refractivity contribution in [3.63, 3.8) is 0 Å². The first-order valence-corrected chi connectivity index (χ1v) is 11.1. The Balaban J connectivity index is 1.42. The maximum atomic E-state index is 13.0. The van der Waals surface area contributed by atoms with Crippen LogP contribution in [0.15, 0.2) is 53.4 Å². The van der Waals surface area contributed by atoms with Crippen molar-refractivity contribution in [1.29, 1.82) is 0 Å². The van der Waals surface area contributed by atoms with Gasteiger partial charge in [0.15, 0.2) is 5.82 Å². The summed E-state index contributed by atoms with van der Waals surface area (Å²) in [4.78, 5) is 2.46. The molecule has 2 aromatic carbocycles. The van der Waals surface area contributed by atoms with Crippen LogP contribution in [0.1, 0.15) is 11.4 Å². The minimum absolute atomic E-state index is 0.294. The third kappa shape index (κ3) is 4.07. The number of sulfonamides is 1. The van der Waals surface area contributed by atoms with Gasteiger partial charge in [0.2, 0.25) is 10.0 Å². The van der Waals surface area contributed by atoms with E-state index in [0.29, 0.717) is 43.4 Å². The van der Waals surface area contributed by atoms with E-state index in [2.05, 4.69) is 20.4 Å². The lowest BCUT2D eigenvalue weighted by Crippen LogP contribution is -2.48. The van der Waals surface area contributed by atoms with E-state index >= 15 is 0 Å². The first-order valence-electron chi connectivity index (χ1n) is 9.69. The van der Waals surface area contributed by atoms with Crippen molar-refractivity contribution < 1.29 is 13.2 Å². The number of hydrogen-bond donors (Lipinski definition) is 0. The molecule has 158 valence electrons. The molecular weight excluding hydrogens is 404 g/mol. The van der Waals surface area contributed by atoms with E-state index in [9.17, 15) is 8.42 Å². The molecule has 4 rings (SSSR count). The molecule has 1 fully saturated rings. The molecule has 2 heterocycles. The van der Waals surface area contributed by atoms with E-state index in [1.807, 2.05) is 37.3 Å². The van der Waals surface area contributed by atoms with Gasteiger partial charge in [-0.25, -0.2) is 8.42 Å². The number of hydrogen-bond acceptors (Lipinski definition) is 7. The van der Waals surface area contributed by atoms with E-state index in [4.69, 9.17) is 4.74 Å². The number of aryl methyl sites for hydroxylation is 1. The third-order valence-electron chi connectivity index (χ3n) is 5.24. The minimum Gasteiger partial charge on any atom is -0.496 e. The van der Waals surface area contributed by atoms with Crippen molar-refractivity contribution >= 4 is 10.0 Å². The van der Waals surface area contributed by atoms with Crippen molar-refractivity contribution in [3.05, 3.63) is 59.9 Å². The molecule has 10 heteroatoms. The summed E-state index contributed by atoms with van der Waals surface area (Å²) >= 11 is 0. The Morgan fingerprint density at radius 3 is 2.43 bits per heavy atom. The normalized spacial score (nSPS) is 15.9. The lowest BCUT2D eigenvalue weighted by atomic mass is 10.2. The van der Waals surface area contributed by atoms with Crippen molar-refractivity contribution in [1.82, 2.24) is 29.4 Å². The second kappa shape index (κ2) is 8.50. The lowest BCUT2D eigenvalue weighted by Gasteiger charge is -2.33. The van der Waals surface area contributed by atoms with Crippen molar-refractivity contribution in [2.45, 2.75) is 18.4 Å². The number of tetrazole rings is 1. The highest BCUT2D eigenvalue weighted by molar-refractivity contribution is 7.89. The van der Waals surface area contributed by atoms with Crippen molar-refractivity contribution in [2.75, 3.05) is 33.3 Å². The fraction of sp³-hybridized carbons (Fsp3) is 0.350. The Morgan fingerprint density at radius 2 is 1.77 bits per heavy atom. The average Bonchev–Trinajstić information content (AvgIpc) is 3.23. The van der Waals surface area contributed by atoms with Crippen LogP contribution in [0.3, 0.4) is 0 Å². The number of rotatable bonds is 6. The number of para-hydroxylation sites is 1. The summed E-state index contributed by atoms with van der Waals surface area (Å²) in [7, 11) is -1.97. The Labute approximate surface area is 175 Å². The number of methoxy groups -OCH3 is 1. The quantitative estimate of drug-likeness (QED) is 0.587. The number of piperazine rings is 1. The fourth-order valence-electron chi connectivity index (χ4n) is 3.56. The van der Waals surface area contributed by atoms with Gasteiger partial charge in [-0.3, -0.25) is 4.90 Å². The van der Waals surface area contributed by atoms with Crippen LogP contribution >= 0.6 is 0 Å². The fourth-order valence-corrected chi connectivity index (χ4v) is 5.07. The van der Waals surface area contributed by atoms with E-state index in [1.165, 1.54) is 4.31 Å². The summed E-state index contributed by atoms with van der Waals surface area (Å²) in [6.07, 6.45) is 0. The topological polar surface area (TPSA) is 93.5 Å². The monoisotopic (exact) mass is 428 g/mol. The van der Waals surface area contributed by atoms with Crippen LogP contribution in [-0.2, 0) is 16.6 Å². The molecule has 1 aromatic heterocycles. The lowest BCUT2D eigenvalue weighted by molar-refractivity contribution is 0.177. The van der Waals surface area contributed by atoms with Crippen LogP contribution in [0.2, 0.25) is 0 Å². The maximum absolute atomic E-state index is 13.0. The molecule has 0 spiro atoms. The highest BCUT2D eigenvalue weighted by atomic mass is 32.2. The van der Waals surface area contributed by atoms with Gasteiger partial charge in [0.05, 0.1) is 24.2 Å². The van der Waals surface area contributed by atoms with Crippen LogP contribution in [0.25, 0.3) is 5.69 Å². The SMILES string of the molecule is COc1ccc(S(=O)(=O)N2CCN(Cc3nnnn3-c3ccccc3)CC2)cc1C. The molecule has 1 saturated heterocycles. The van der Waals surface area contributed by atoms with Crippen molar-refractivity contribution in [2.24, 2.45) is 0 Å². The van der Waals surface area contributed by atoms with Gasteiger partial charge in [0, 0.05) is 26.2 Å². The van der Waals surface area contributed by atoms with Crippen molar-refractivity contribution in [3.8, 4) is 11.4 Å². The molecule has 0 amide bonds. The van der Waals surface area contributed by atoms with E-state index in [-0.39, 0.29) is 0 Å². The van der Waals surface area contributed by atoms with E-state index in [0.717, 1.165) is 17.1 Å². The average molecular weight is 429 g/mol. The number of nitrogens with zero attached hydrogens (tertiary/aromatic N) is 6. The van der Waals surface area contributed by atoms with Gasteiger partial charge >= 0.3 is 0 Å². The largest absolute Gasteiger partial charge is 0.496 e. The molecule has 0 saturated carbocycles. The zero-order valence-electron chi connectivity index (χ0n) is 17.0. The Kier molecular flexibility index (Phi) is 5.80.